The number of carbonyl (C=O) groups is 1. The Hall–Kier alpha value is -4.78. The lowest BCUT2D eigenvalue weighted by molar-refractivity contribution is 0.0697. The maximum atomic E-state index is 10.7. The van der Waals surface area contributed by atoms with E-state index in [-0.39, 0.29) is 22.4 Å². The molecule has 174 valence electrons. The number of hydrogen-bond acceptors (Lipinski definition) is 7. The van der Waals surface area contributed by atoms with Gasteiger partial charge >= 0.3 is 5.97 Å². The molecule has 34 heavy (non-hydrogen) atoms. The summed E-state index contributed by atoms with van der Waals surface area (Å²) in [4.78, 5) is 10.7. The molecule has 0 aliphatic carbocycles. The zero-order valence-electron chi connectivity index (χ0n) is 19.1. The molecule has 2 heterocycles. The van der Waals surface area contributed by atoms with Crippen LogP contribution in [0.15, 0.2) is 60.8 Å². The summed E-state index contributed by atoms with van der Waals surface area (Å²) in [6.45, 7) is 6.21. The molecule has 4 rings (SSSR count). The fourth-order valence-corrected chi connectivity index (χ4v) is 3.16. The van der Waals surface area contributed by atoms with Crippen molar-refractivity contribution < 1.29 is 9.90 Å². The number of hydrogen-bond donors (Lipinski definition) is 4. The van der Waals surface area contributed by atoms with Gasteiger partial charge in [-0.15, -0.1) is 0 Å². The number of carboxylic acids is 1. The van der Waals surface area contributed by atoms with E-state index in [1.165, 1.54) is 23.0 Å². The van der Waals surface area contributed by atoms with Crippen molar-refractivity contribution in [1.82, 2.24) is 19.6 Å². The zero-order chi connectivity index (χ0) is 25.0. The molecule has 0 saturated carbocycles. The molecular weight excluding hydrogens is 432 g/mol. The van der Waals surface area contributed by atoms with Crippen LogP contribution in [0.4, 0.5) is 17.3 Å². The molecule has 0 amide bonds. The Balaban J connectivity index is 0.000000191. The summed E-state index contributed by atoms with van der Waals surface area (Å²) in [6, 6.07) is 17.7. The van der Waals surface area contributed by atoms with E-state index in [2.05, 4.69) is 31.0 Å². The summed E-state index contributed by atoms with van der Waals surface area (Å²) in [5.74, 6) is -0.264. The van der Waals surface area contributed by atoms with Gasteiger partial charge in [0, 0.05) is 5.41 Å². The number of aromatic nitrogens is 4. The van der Waals surface area contributed by atoms with Crippen LogP contribution in [0.3, 0.4) is 0 Å². The van der Waals surface area contributed by atoms with Crippen molar-refractivity contribution >= 4 is 23.3 Å². The van der Waals surface area contributed by atoms with Gasteiger partial charge in [-0.05, 0) is 36.4 Å². The van der Waals surface area contributed by atoms with E-state index in [1.807, 2.05) is 36.4 Å². The molecule has 0 spiro atoms. The maximum absolute atomic E-state index is 10.7. The number of carboxylic acid groups (broad SMARTS) is 1. The van der Waals surface area contributed by atoms with Crippen molar-refractivity contribution in [3.05, 3.63) is 77.6 Å². The number of nitriles is 1. The maximum Gasteiger partial charge on any atom is 0.335 e. The molecule has 0 radical (unpaired) electrons. The van der Waals surface area contributed by atoms with Gasteiger partial charge in [0.25, 0.3) is 0 Å². The topological polar surface area (TPSA) is 175 Å². The molecule has 0 bridgehead atoms. The highest BCUT2D eigenvalue weighted by Gasteiger charge is 2.24. The summed E-state index contributed by atoms with van der Waals surface area (Å²) >= 11 is 0. The third-order valence-corrected chi connectivity index (χ3v) is 4.96. The Morgan fingerprint density at radius 2 is 1.53 bits per heavy atom. The molecule has 0 atom stereocenters. The third-order valence-electron chi connectivity index (χ3n) is 4.96. The van der Waals surface area contributed by atoms with Crippen molar-refractivity contribution in [2.75, 3.05) is 17.2 Å². The fraction of sp³-hybridized carbons (Fsp3) is 0.167. The van der Waals surface area contributed by atoms with Crippen LogP contribution in [0.1, 0.15) is 42.4 Å². The summed E-state index contributed by atoms with van der Waals surface area (Å²) in [6.07, 6.45) is 1.36. The van der Waals surface area contributed by atoms with Crippen LogP contribution in [-0.2, 0) is 5.41 Å². The molecule has 4 aromatic rings. The molecule has 0 aliphatic heterocycles. The van der Waals surface area contributed by atoms with E-state index in [9.17, 15) is 4.79 Å². The van der Waals surface area contributed by atoms with E-state index in [0.717, 1.165) is 11.4 Å². The van der Waals surface area contributed by atoms with Gasteiger partial charge in [-0.25, -0.2) is 14.2 Å². The van der Waals surface area contributed by atoms with Crippen LogP contribution in [0.5, 0.6) is 0 Å². The minimum Gasteiger partial charge on any atom is -0.478 e. The van der Waals surface area contributed by atoms with Gasteiger partial charge in [-0.1, -0.05) is 39.0 Å². The number of nitrogens with zero attached hydrogens (tertiary/aromatic N) is 5. The molecule has 0 fully saturated rings. The Morgan fingerprint density at radius 1 is 0.941 bits per heavy atom. The van der Waals surface area contributed by atoms with Gasteiger partial charge < -0.3 is 22.3 Å². The average molecular weight is 459 g/mol. The van der Waals surface area contributed by atoms with Crippen LogP contribution in [0, 0.1) is 11.3 Å². The second-order valence-electron chi connectivity index (χ2n) is 8.46. The van der Waals surface area contributed by atoms with Crippen molar-refractivity contribution in [2.45, 2.75) is 26.2 Å². The minimum atomic E-state index is -0.997. The number of nitrogen functional groups attached to an aromatic ring is 3. The van der Waals surface area contributed by atoms with Crippen molar-refractivity contribution in [1.29, 1.82) is 5.26 Å². The first-order valence-electron chi connectivity index (χ1n) is 10.3. The smallest absolute Gasteiger partial charge is 0.335 e. The molecule has 10 nitrogen and oxygen atoms in total. The molecule has 0 saturated heterocycles. The number of rotatable bonds is 3. The lowest BCUT2D eigenvalue weighted by Gasteiger charge is -2.15. The van der Waals surface area contributed by atoms with Gasteiger partial charge in [0.05, 0.1) is 34.5 Å². The summed E-state index contributed by atoms with van der Waals surface area (Å²) in [5, 5.41) is 26.0. The van der Waals surface area contributed by atoms with Gasteiger partial charge in [-0.3, -0.25) is 0 Å². The highest BCUT2D eigenvalue weighted by Crippen LogP contribution is 2.32. The van der Waals surface area contributed by atoms with E-state index in [1.54, 1.807) is 16.8 Å². The van der Waals surface area contributed by atoms with Crippen LogP contribution in [0.2, 0.25) is 0 Å². The van der Waals surface area contributed by atoms with Crippen LogP contribution in [0.25, 0.3) is 11.4 Å². The molecule has 2 aromatic heterocycles. The quantitative estimate of drug-likeness (QED) is 0.361. The molecular formula is C24H26N8O2. The Labute approximate surface area is 196 Å². The van der Waals surface area contributed by atoms with Crippen LogP contribution in [-0.4, -0.2) is 30.6 Å². The molecule has 0 unspecified atom stereocenters. The van der Waals surface area contributed by atoms with Gasteiger partial charge in [-0.2, -0.15) is 15.5 Å². The predicted octanol–water partition coefficient (Wildman–Crippen LogP) is 3.36. The van der Waals surface area contributed by atoms with Crippen molar-refractivity contribution in [2.24, 2.45) is 0 Å². The summed E-state index contributed by atoms with van der Waals surface area (Å²) in [5.41, 5.74) is 21.0. The first-order chi connectivity index (χ1) is 16.0. The first-order valence-corrected chi connectivity index (χ1v) is 10.3. The lowest BCUT2D eigenvalue weighted by Crippen LogP contribution is -2.14. The van der Waals surface area contributed by atoms with Crippen molar-refractivity contribution in [3.63, 3.8) is 0 Å². The number of aromatic carboxylic acids is 1. The second-order valence-corrected chi connectivity index (χ2v) is 8.46. The largest absolute Gasteiger partial charge is 0.478 e. The fourth-order valence-electron chi connectivity index (χ4n) is 3.16. The Bertz CT molecular complexity index is 1340. The second kappa shape index (κ2) is 9.38. The van der Waals surface area contributed by atoms with Crippen LogP contribution >= 0.6 is 0 Å². The molecule has 7 N–H and O–H groups in total. The monoisotopic (exact) mass is 458 g/mol. The predicted molar refractivity (Wildman–Crippen MR) is 131 cm³/mol. The SMILES string of the molecule is CC(C)(C)c1nn(-c2ccccc2)c(N)c1N.N#Cc1cnn(-c2ccc(C(=O)O)cc2)c1N. The number of anilines is 3. The first kappa shape index (κ1) is 23.9. The normalized spacial score (nSPS) is 10.8. The Morgan fingerprint density at radius 3 is 2.00 bits per heavy atom. The van der Waals surface area contributed by atoms with E-state index in [0.29, 0.717) is 17.2 Å². The van der Waals surface area contributed by atoms with Crippen LogP contribution < -0.4 is 17.2 Å². The number of benzene rings is 2. The van der Waals surface area contributed by atoms with Gasteiger partial charge in [0.2, 0.25) is 0 Å². The highest BCUT2D eigenvalue weighted by atomic mass is 16.4. The van der Waals surface area contributed by atoms with E-state index < -0.39 is 5.97 Å². The van der Waals surface area contributed by atoms with E-state index in [4.69, 9.17) is 27.6 Å². The molecule has 0 aliphatic rings. The van der Waals surface area contributed by atoms with Crippen molar-refractivity contribution in [3.8, 4) is 17.4 Å². The molecule has 2 aromatic carbocycles. The zero-order valence-corrected chi connectivity index (χ0v) is 19.1. The van der Waals surface area contributed by atoms with Gasteiger partial charge in [0.1, 0.15) is 17.5 Å². The summed E-state index contributed by atoms with van der Waals surface area (Å²) in [7, 11) is 0. The Kier molecular flexibility index (Phi) is 6.58. The highest BCUT2D eigenvalue weighted by molar-refractivity contribution is 5.87. The number of nitrogens with two attached hydrogens (primary N) is 3. The average Bonchev–Trinajstić information content (AvgIpc) is 3.34. The van der Waals surface area contributed by atoms with Gasteiger partial charge in [0.15, 0.2) is 5.82 Å². The van der Waals surface area contributed by atoms with E-state index >= 15 is 0 Å². The lowest BCUT2D eigenvalue weighted by atomic mass is 9.91. The number of para-hydroxylation sites is 1. The third kappa shape index (κ3) is 4.83. The minimum absolute atomic E-state index is 0.113. The molecule has 10 heteroatoms. The standard InChI is InChI=1S/C13H18N4.C11H8N4O2/c1-13(2,3)11-10(14)12(15)17(16-11)9-7-5-4-6-8-9;12-5-8-6-14-15(10(8)13)9-3-1-7(2-4-9)11(16)17/h4-8H,14-15H2,1-3H3;1-4,6H,13H2,(H,16,17). The summed E-state index contributed by atoms with van der Waals surface area (Å²) < 4.78 is 3.07.